The molecule has 1 fully saturated rings. The number of carbonyl (C=O) groups excluding carboxylic acids is 1. The largest absolute Gasteiger partial charge is 0.438 e. The number of oxazole rings is 1. The Morgan fingerprint density at radius 1 is 1.12 bits per heavy atom. The lowest BCUT2D eigenvalue weighted by molar-refractivity contribution is 0.0765. The molecule has 0 unspecified atom stereocenters. The number of thiophene rings is 2. The minimum absolute atomic E-state index is 0.146. The first-order valence-corrected chi connectivity index (χ1v) is 10.1. The Hall–Kier alpha value is -1.96. The first-order valence-electron chi connectivity index (χ1n) is 8.33. The van der Waals surface area contributed by atoms with Gasteiger partial charge in [-0.1, -0.05) is 12.1 Å². The fourth-order valence-corrected chi connectivity index (χ4v) is 4.36. The molecule has 1 aliphatic rings. The van der Waals surface area contributed by atoms with Gasteiger partial charge in [-0.3, -0.25) is 9.69 Å². The first-order chi connectivity index (χ1) is 12.3. The molecular formula is C18H19N3O2S2. The smallest absolute Gasteiger partial charge is 0.263 e. The molecule has 1 amide bonds. The van der Waals surface area contributed by atoms with E-state index in [1.807, 2.05) is 39.9 Å². The average molecular weight is 374 g/mol. The monoisotopic (exact) mass is 373 g/mol. The Kier molecular flexibility index (Phi) is 4.96. The Morgan fingerprint density at radius 3 is 2.80 bits per heavy atom. The lowest BCUT2D eigenvalue weighted by Crippen LogP contribution is -2.34. The van der Waals surface area contributed by atoms with Crippen LogP contribution >= 0.6 is 22.7 Å². The van der Waals surface area contributed by atoms with Crippen molar-refractivity contribution >= 4 is 28.6 Å². The van der Waals surface area contributed by atoms with Crippen molar-refractivity contribution in [3.8, 4) is 10.6 Å². The molecule has 1 saturated heterocycles. The quantitative estimate of drug-likeness (QED) is 0.698. The highest BCUT2D eigenvalue weighted by atomic mass is 32.1. The van der Waals surface area contributed by atoms with Gasteiger partial charge < -0.3 is 9.32 Å². The van der Waals surface area contributed by atoms with Gasteiger partial charge in [0.25, 0.3) is 5.91 Å². The third-order valence-electron chi connectivity index (χ3n) is 4.28. The van der Waals surface area contributed by atoms with E-state index in [9.17, 15) is 4.79 Å². The van der Waals surface area contributed by atoms with Gasteiger partial charge >= 0.3 is 0 Å². The molecule has 5 nitrogen and oxygen atoms in total. The van der Waals surface area contributed by atoms with E-state index in [4.69, 9.17) is 4.42 Å². The van der Waals surface area contributed by atoms with Crippen LogP contribution in [0.3, 0.4) is 0 Å². The number of hydrogen-bond donors (Lipinski definition) is 0. The zero-order valence-corrected chi connectivity index (χ0v) is 15.4. The van der Waals surface area contributed by atoms with Crippen LogP contribution in [0.1, 0.15) is 22.0 Å². The van der Waals surface area contributed by atoms with Gasteiger partial charge in [0.15, 0.2) is 5.76 Å². The molecule has 0 radical (unpaired) electrons. The second kappa shape index (κ2) is 7.51. The number of carbonyl (C=O) groups is 1. The maximum absolute atomic E-state index is 12.5. The van der Waals surface area contributed by atoms with Crippen LogP contribution < -0.4 is 0 Å². The fraction of sp³-hybridized carbons (Fsp3) is 0.333. The van der Waals surface area contributed by atoms with Gasteiger partial charge in [0.05, 0.1) is 22.5 Å². The topological polar surface area (TPSA) is 49.6 Å². The van der Waals surface area contributed by atoms with Gasteiger partial charge in [0.1, 0.15) is 0 Å². The number of rotatable bonds is 4. The summed E-state index contributed by atoms with van der Waals surface area (Å²) >= 11 is 3.16. The lowest BCUT2D eigenvalue weighted by atomic mass is 10.3. The summed E-state index contributed by atoms with van der Waals surface area (Å²) in [6, 6.07) is 7.87. The molecule has 130 valence electrons. The average Bonchev–Trinajstić information content (AvgIpc) is 3.36. The lowest BCUT2D eigenvalue weighted by Gasteiger charge is -2.20. The molecule has 25 heavy (non-hydrogen) atoms. The molecule has 4 heterocycles. The van der Waals surface area contributed by atoms with Gasteiger partial charge in [0, 0.05) is 26.2 Å². The van der Waals surface area contributed by atoms with Crippen LogP contribution in [0.5, 0.6) is 0 Å². The number of aromatic nitrogens is 1. The van der Waals surface area contributed by atoms with E-state index in [1.165, 1.54) is 11.3 Å². The number of nitrogens with zero attached hydrogens (tertiary/aromatic N) is 3. The van der Waals surface area contributed by atoms with Crippen molar-refractivity contribution in [2.75, 3.05) is 26.2 Å². The summed E-state index contributed by atoms with van der Waals surface area (Å²) in [6.45, 7) is 4.03. The molecule has 7 heteroatoms. The first kappa shape index (κ1) is 16.5. The molecule has 1 aliphatic heterocycles. The van der Waals surface area contributed by atoms with Crippen molar-refractivity contribution in [1.82, 2.24) is 14.8 Å². The second-order valence-electron chi connectivity index (χ2n) is 5.99. The minimum atomic E-state index is 0.146. The van der Waals surface area contributed by atoms with Crippen molar-refractivity contribution in [2.45, 2.75) is 13.0 Å². The highest BCUT2D eigenvalue weighted by Crippen LogP contribution is 2.25. The van der Waals surface area contributed by atoms with Gasteiger partial charge in [-0.25, -0.2) is 4.98 Å². The zero-order chi connectivity index (χ0) is 17.1. The van der Waals surface area contributed by atoms with E-state index < -0.39 is 0 Å². The molecule has 0 aromatic carbocycles. The molecule has 0 atom stereocenters. The Balaban J connectivity index is 1.36. The molecule has 0 saturated carbocycles. The summed E-state index contributed by atoms with van der Waals surface area (Å²) in [7, 11) is 0. The number of amides is 1. The van der Waals surface area contributed by atoms with Crippen molar-refractivity contribution in [2.24, 2.45) is 0 Å². The normalized spacial score (nSPS) is 16.1. The third kappa shape index (κ3) is 3.84. The molecule has 0 aliphatic carbocycles. The van der Waals surface area contributed by atoms with Gasteiger partial charge in [0.2, 0.25) is 5.89 Å². The Labute approximate surface area is 154 Å². The van der Waals surface area contributed by atoms with Crippen molar-refractivity contribution < 1.29 is 9.21 Å². The molecule has 3 aromatic heterocycles. The van der Waals surface area contributed by atoms with Crippen LogP contribution in [0.4, 0.5) is 0 Å². The molecular weight excluding hydrogens is 354 g/mol. The van der Waals surface area contributed by atoms with Crippen LogP contribution in [0.25, 0.3) is 10.6 Å². The zero-order valence-electron chi connectivity index (χ0n) is 13.8. The predicted molar refractivity (Wildman–Crippen MR) is 99.9 cm³/mol. The van der Waals surface area contributed by atoms with Crippen LogP contribution in [-0.4, -0.2) is 46.9 Å². The molecule has 0 N–H and O–H groups in total. The SMILES string of the molecule is O=C(c1cccs1)N1CCCN(Cc2ncc(-c3cccs3)o2)CC1. The van der Waals surface area contributed by atoms with Gasteiger partial charge in [-0.15, -0.1) is 22.7 Å². The molecule has 0 bridgehead atoms. The summed E-state index contributed by atoms with van der Waals surface area (Å²) in [5.41, 5.74) is 0. The van der Waals surface area contributed by atoms with Gasteiger partial charge in [-0.2, -0.15) is 0 Å². The minimum Gasteiger partial charge on any atom is -0.438 e. The summed E-state index contributed by atoms with van der Waals surface area (Å²) in [5, 5.41) is 3.98. The molecule has 4 rings (SSSR count). The van der Waals surface area contributed by atoms with E-state index >= 15 is 0 Å². The second-order valence-corrected chi connectivity index (χ2v) is 7.89. The number of hydrogen-bond acceptors (Lipinski definition) is 6. The maximum atomic E-state index is 12.5. The van der Waals surface area contributed by atoms with E-state index in [-0.39, 0.29) is 5.91 Å². The summed E-state index contributed by atoms with van der Waals surface area (Å²) in [5.74, 6) is 1.71. The van der Waals surface area contributed by atoms with Crippen LogP contribution in [0.2, 0.25) is 0 Å². The van der Waals surface area contributed by atoms with E-state index in [0.29, 0.717) is 6.54 Å². The van der Waals surface area contributed by atoms with Crippen molar-refractivity contribution in [3.05, 3.63) is 52.0 Å². The van der Waals surface area contributed by atoms with E-state index in [2.05, 4.69) is 9.88 Å². The molecule has 3 aromatic rings. The summed E-state index contributed by atoms with van der Waals surface area (Å²) in [6.07, 6.45) is 2.77. The van der Waals surface area contributed by atoms with Crippen LogP contribution in [-0.2, 0) is 6.54 Å². The van der Waals surface area contributed by atoms with Crippen LogP contribution in [0, 0.1) is 0 Å². The molecule has 0 spiro atoms. The van der Waals surface area contributed by atoms with E-state index in [1.54, 1.807) is 17.5 Å². The van der Waals surface area contributed by atoms with Crippen molar-refractivity contribution in [1.29, 1.82) is 0 Å². The fourth-order valence-electron chi connectivity index (χ4n) is 3.00. The third-order valence-corrected chi connectivity index (χ3v) is 6.03. The Bertz CT molecular complexity index is 811. The summed E-state index contributed by atoms with van der Waals surface area (Å²) < 4.78 is 5.88. The van der Waals surface area contributed by atoms with E-state index in [0.717, 1.165) is 54.0 Å². The maximum Gasteiger partial charge on any atom is 0.263 e. The standard InChI is InChI=1S/C18H19N3O2S2/c22-18(16-5-2-11-25-16)21-7-3-6-20(8-9-21)13-17-19-12-14(23-17)15-4-1-10-24-15/h1-2,4-5,10-12H,3,6-9,13H2. The van der Waals surface area contributed by atoms with Gasteiger partial charge in [-0.05, 0) is 29.3 Å². The highest BCUT2D eigenvalue weighted by molar-refractivity contribution is 7.13. The summed E-state index contributed by atoms with van der Waals surface area (Å²) in [4.78, 5) is 23.1. The van der Waals surface area contributed by atoms with Crippen LogP contribution in [0.15, 0.2) is 45.6 Å². The Morgan fingerprint density at radius 2 is 2.00 bits per heavy atom. The predicted octanol–water partition coefficient (Wildman–Crippen LogP) is 3.81. The highest BCUT2D eigenvalue weighted by Gasteiger charge is 2.21. The van der Waals surface area contributed by atoms with Crippen molar-refractivity contribution in [3.63, 3.8) is 0 Å².